The van der Waals surface area contributed by atoms with Crippen LogP contribution in [0.5, 0.6) is 0 Å². The summed E-state index contributed by atoms with van der Waals surface area (Å²) in [4.78, 5) is 7.71. The van der Waals surface area contributed by atoms with Crippen molar-refractivity contribution in [1.29, 1.82) is 0 Å². The molecule has 0 fully saturated rings. The normalized spacial score (nSPS) is 16.6. The number of anilines is 1. The summed E-state index contributed by atoms with van der Waals surface area (Å²) in [5, 5.41) is 5.07. The first-order valence-electron chi connectivity index (χ1n) is 11.4. The zero-order valence-electron chi connectivity index (χ0n) is 19.9. The molecule has 2 aromatic heterocycles. The van der Waals surface area contributed by atoms with Gasteiger partial charge in [-0.3, -0.25) is 0 Å². The van der Waals surface area contributed by atoms with Crippen molar-refractivity contribution in [2.75, 3.05) is 11.4 Å². The molecule has 0 amide bonds. The van der Waals surface area contributed by atoms with Crippen molar-refractivity contribution in [3.05, 3.63) is 45.8 Å². The van der Waals surface area contributed by atoms with Gasteiger partial charge in [-0.05, 0) is 83.4 Å². The number of rotatable bonds is 4. The molecule has 4 heteroatoms. The summed E-state index contributed by atoms with van der Waals surface area (Å²) in [7, 11) is 0. The summed E-state index contributed by atoms with van der Waals surface area (Å²) in [5.74, 6) is 1.96. The zero-order valence-corrected chi connectivity index (χ0v) is 19.9. The van der Waals surface area contributed by atoms with Crippen molar-refractivity contribution in [1.82, 2.24) is 14.6 Å². The summed E-state index contributed by atoms with van der Waals surface area (Å²) < 4.78 is 2.15. The third-order valence-corrected chi connectivity index (χ3v) is 6.71. The van der Waals surface area contributed by atoms with Crippen molar-refractivity contribution < 1.29 is 0 Å². The highest BCUT2D eigenvalue weighted by Crippen LogP contribution is 2.39. The molecule has 0 radical (unpaired) electrons. The minimum Gasteiger partial charge on any atom is -0.353 e. The molecule has 3 aromatic rings. The molecule has 0 N–H and O–H groups in total. The van der Waals surface area contributed by atoms with Crippen LogP contribution in [0.15, 0.2) is 12.1 Å². The Morgan fingerprint density at radius 2 is 1.67 bits per heavy atom. The molecule has 0 spiro atoms. The van der Waals surface area contributed by atoms with Crippen LogP contribution in [0.4, 0.5) is 5.82 Å². The summed E-state index contributed by atoms with van der Waals surface area (Å²) in [6.07, 6.45) is 3.46. The topological polar surface area (TPSA) is 33.4 Å². The Bertz CT molecular complexity index is 1080. The number of hydrogen-bond donors (Lipinski definition) is 0. The molecule has 1 aliphatic heterocycles. The third kappa shape index (κ3) is 3.40. The van der Waals surface area contributed by atoms with Gasteiger partial charge in [0.15, 0.2) is 5.65 Å². The third-order valence-electron chi connectivity index (χ3n) is 6.71. The molecule has 1 aliphatic rings. The Hall–Kier alpha value is -2.36. The van der Waals surface area contributed by atoms with Gasteiger partial charge in [-0.2, -0.15) is 9.61 Å². The van der Waals surface area contributed by atoms with E-state index in [2.05, 4.69) is 76.9 Å². The minimum absolute atomic E-state index is 0.525. The van der Waals surface area contributed by atoms with E-state index < -0.39 is 0 Å². The van der Waals surface area contributed by atoms with Crippen LogP contribution in [0.2, 0.25) is 0 Å². The Morgan fingerprint density at radius 3 is 2.30 bits per heavy atom. The Balaban J connectivity index is 1.99. The van der Waals surface area contributed by atoms with E-state index in [1.807, 2.05) is 0 Å². The fourth-order valence-corrected chi connectivity index (χ4v) is 5.18. The summed E-state index contributed by atoms with van der Waals surface area (Å²) in [5.41, 5.74) is 11.0. The first-order valence-corrected chi connectivity index (χ1v) is 11.4. The SMILES string of the molecule is Cc1cc(C)c(-c2c(C)nn3c4c(c(C)nc23)CCC(C)N4CCC(C)C)c(C)c1. The lowest BCUT2D eigenvalue weighted by Crippen LogP contribution is -2.40. The van der Waals surface area contributed by atoms with Gasteiger partial charge in [-0.15, -0.1) is 0 Å². The van der Waals surface area contributed by atoms with Gasteiger partial charge in [0, 0.05) is 23.8 Å². The van der Waals surface area contributed by atoms with E-state index in [0.717, 1.165) is 30.0 Å². The fraction of sp³-hybridized carbons (Fsp3) is 0.538. The van der Waals surface area contributed by atoms with Gasteiger partial charge in [0.1, 0.15) is 5.82 Å². The molecule has 4 rings (SSSR count). The highest BCUT2D eigenvalue weighted by molar-refractivity contribution is 5.85. The van der Waals surface area contributed by atoms with E-state index in [0.29, 0.717) is 12.0 Å². The first kappa shape index (κ1) is 20.9. The standard InChI is InChI=1S/C26H36N4/c1-15(2)11-12-29-19(6)9-10-22-20(7)27-25-24(21(8)28-30(25)26(22)29)23-17(4)13-16(3)14-18(23)5/h13-15,19H,9-12H2,1-8H3. The fourth-order valence-electron chi connectivity index (χ4n) is 5.18. The smallest absolute Gasteiger partial charge is 0.165 e. The van der Waals surface area contributed by atoms with Crippen molar-refractivity contribution in [2.24, 2.45) is 5.92 Å². The zero-order chi connectivity index (χ0) is 21.7. The second-order valence-corrected chi connectivity index (χ2v) is 9.73. The van der Waals surface area contributed by atoms with Crippen LogP contribution in [0.1, 0.15) is 67.3 Å². The summed E-state index contributed by atoms with van der Waals surface area (Å²) in [6, 6.07) is 5.07. The quantitative estimate of drug-likeness (QED) is 0.525. The minimum atomic E-state index is 0.525. The maximum Gasteiger partial charge on any atom is 0.165 e. The van der Waals surface area contributed by atoms with Crippen LogP contribution < -0.4 is 4.90 Å². The van der Waals surface area contributed by atoms with Gasteiger partial charge in [0.05, 0.1) is 11.3 Å². The predicted molar refractivity (Wildman–Crippen MR) is 127 cm³/mol. The lowest BCUT2D eigenvalue weighted by atomic mass is 9.93. The van der Waals surface area contributed by atoms with E-state index in [9.17, 15) is 0 Å². The molecule has 0 aliphatic carbocycles. The number of aryl methyl sites for hydroxylation is 5. The monoisotopic (exact) mass is 404 g/mol. The van der Waals surface area contributed by atoms with Crippen LogP contribution >= 0.6 is 0 Å². The van der Waals surface area contributed by atoms with Crippen LogP contribution in [-0.4, -0.2) is 27.2 Å². The first-order chi connectivity index (χ1) is 14.2. The number of hydrogen-bond acceptors (Lipinski definition) is 3. The molecule has 30 heavy (non-hydrogen) atoms. The Kier molecular flexibility index (Phi) is 5.37. The van der Waals surface area contributed by atoms with Gasteiger partial charge >= 0.3 is 0 Å². The number of fused-ring (bicyclic) bond motifs is 3. The number of aromatic nitrogens is 3. The molecular formula is C26H36N4. The highest BCUT2D eigenvalue weighted by Gasteiger charge is 2.30. The van der Waals surface area contributed by atoms with Crippen LogP contribution in [0.25, 0.3) is 16.8 Å². The molecule has 1 aromatic carbocycles. The molecule has 1 atom stereocenters. The van der Waals surface area contributed by atoms with Crippen molar-refractivity contribution in [3.8, 4) is 11.1 Å². The molecule has 160 valence electrons. The van der Waals surface area contributed by atoms with Gasteiger partial charge in [-0.1, -0.05) is 31.5 Å². The second-order valence-electron chi connectivity index (χ2n) is 9.73. The second kappa shape index (κ2) is 7.72. The molecular weight excluding hydrogens is 368 g/mol. The maximum atomic E-state index is 5.12. The Morgan fingerprint density at radius 1 is 1.00 bits per heavy atom. The van der Waals surface area contributed by atoms with E-state index in [1.54, 1.807) is 0 Å². The summed E-state index contributed by atoms with van der Waals surface area (Å²) in [6.45, 7) is 18.9. The lowest BCUT2D eigenvalue weighted by molar-refractivity contribution is 0.497. The van der Waals surface area contributed by atoms with Crippen molar-refractivity contribution >= 4 is 11.5 Å². The molecule has 1 unspecified atom stereocenters. The van der Waals surface area contributed by atoms with Crippen molar-refractivity contribution in [3.63, 3.8) is 0 Å². The molecule has 0 saturated heterocycles. The van der Waals surface area contributed by atoms with Gasteiger partial charge in [-0.25, -0.2) is 4.98 Å². The number of nitrogens with zero attached hydrogens (tertiary/aromatic N) is 4. The molecule has 0 saturated carbocycles. The maximum absolute atomic E-state index is 5.12. The van der Waals surface area contributed by atoms with Gasteiger partial charge in [0.2, 0.25) is 0 Å². The largest absolute Gasteiger partial charge is 0.353 e. The van der Waals surface area contributed by atoms with Crippen molar-refractivity contribution in [2.45, 2.75) is 80.7 Å². The molecule has 4 nitrogen and oxygen atoms in total. The molecule has 3 heterocycles. The Labute approximate surface area is 181 Å². The van der Waals surface area contributed by atoms with E-state index in [1.165, 1.54) is 52.0 Å². The predicted octanol–water partition coefficient (Wildman–Crippen LogP) is 6.13. The van der Waals surface area contributed by atoms with E-state index >= 15 is 0 Å². The lowest BCUT2D eigenvalue weighted by Gasteiger charge is -2.38. The van der Waals surface area contributed by atoms with E-state index in [4.69, 9.17) is 10.1 Å². The van der Waals surface area contributed by atoms with Gasteiger partial charge in [0.25, 0.3) is 0 Å². The van der Waals surface area contributed by atoms with Crippen LogP contribution in [0.3, 0.4) is 0 Å². The average molecular weight is 405 g/mol. The van der Waals surface area contributed by atoms with E-state index in [-0.39, 0.29) is 0 Å². The van der Waals surface area contributed by atoms with Gasteiger partial charge < -0.3 is 4.90 Å². The van der Waals surface area contributed by atoms with Crippen LogP contribution in [0, 0.1) is 40.5 Å². The number of benzene rings is 1. The average Bonchev–Trinajstić information content (AvgIpc) is 2.96. The highest BCUT2D eigenvalue weighted by atomic mass is 15.4. The molecule has 0 bridgehead atoms. The van der Waals surface area contributed by atoms with Crippen LogP contribution in [-0.2, 0) is 6.42 Å². The summed E-state index contributed by atoms with van der Waals surface area (Å²) >= 11 is 0.